The van der Waals surface area contributed by atoms with Gasteiger partial charge in [-0.1, -0.05) is 31.2 Å². The lowest BCUT2D eigenvalue weighted by atomic mass is 9.94. The van der Waals surface area contributed by atoms with Crippen LogP contribution in [0.3, 0.4) is 0 Å². The standard InChI is InChI=1S/C28H33N3O5/c1-3-26(32)29-19-8-11-24-22(14-19)28(34)31(2)23-10-9-21(36-25(23)16-35-24)15-27(33)30-20-12-17-6-4-5-7-18(17)13-20/h4-8,11,14,20-21,23,25H,3,9-10,12-13,15-16H2,1-2H3,(H,29,32)(H,30,33)/t21-,23-,25-/m0/s1. The predicted molar refractivity (Wildman–Crippen MR) is 135 cm³/mol. The van der Waals surface area contributed by atoms with Crippen molar-refractivity contribution in [1.29, 1.82) is 0 Å². The molecule has 8 nitrogen and oxygen atoms in total. The van der Waals surface area contributed by atoms with E-state index in [2.05, 4.69) is 22.8 Å². The Morgan fingerprint density at radius 1 is 1.06 bits per heavy atom. The van der Waals surface area contributed by atoms with Gasteiger partial charge in [0.2, 0.25) is 11.8 Å². The molecule has 2 aliphatic heterocycles. The van der Waals surface area contributed by atoms with Gasteiger partial charge in [-0.25, -0.2) is 0 Å². The summed E-state index contributed by atoms with van der Waals surface area (Å²) in [7, 11) is 1.78. The van der Waals surface area contributed by atoms with E-state index in [4.69, 9.17) is 9.47 Å². The first-order valence-corrected chi connectivity index (χ1v) is 12.8. The molecule has 2 N–H and O–H groups in total. The highest BCUT2D eigenvalue weighted by Gasteiger charge is 2.39. The van der Waals surface area contributed by atoms with Crippen molar-refractivity contribution in [3.05, 3.63) is 59.2 Å². The molecule has 0 saturated carbocycles. The molecule has 0 spiro atoms. The largest absolute Gasteiger partial charge is 0.490 e. The maximum Gasteiger partial charge on any atom is 0.257 e. The lowest BCUT2D eigenvalue weighted by Crippen LogP contribution is -2.54. The molecule has 0 radical (unpaired) electrons. The number of carbonyl (C=O) groups excluding carboxylic acids is 3. The van der Waals surface area contributed by atoms with E-state index in [0.29, 0.717) is 36.3 Å². The Morgan fingerprint density at radius 2 is 1.81 bits per heavy atom. The Labute approximate surface area is 211 Å². The van der Waals surface area contributed by atoms with Crippen LogP contribution in [-0.4, -0.2) is 60.6 Å². The number of ether oxygens (including phenoxy) is 2. The normalized spacial score (nSPS) is 23.4. The van der Waals surface area contributed by atoms with E-state index in [1.54, 1.807) is 37.1 Å². The number of benzene rings is 2. The van der Waals surface area contributed by atoms with E-state index in [1.165, 1.54) is 11.1 Å². The molecule has 36 heavy (non-hydrogen) atoms. The molecule has 5 rings (SSSR count). The second-order valence-corrected chi connectivity index (χ2v) is 9.93. The van der Waals surface area contributed by atoms with Crippen LogP contribution in [0.2, 0.25) is 0 Å². The molecule has 0 bridgehead atoms. The highest BCUT2D eigenvalue weighted by Crippen LogP contribution is 2.32. The summed E-state index contributed by atoms with van der Waals surface area (Å²) in [5.74, 6) is 0.173. The molecule has 2 heterocycles. The van der Waals surface area contributed by atoms with Crippen molar-refractivity contribution in [3.8, 4) is 5.75 Å². The summed E-state index contributed by atoms with van der Waals surface area (Å²) in [4.78, 5) is 39.6. The first kappa shape index (κ1) is 24.3. The number of likely N-dealkylation sites (N-methyl/N-ethyl adjacent to an activating group) is 1. The number of nitrogens with one attached hydrogen (secondary N) is 2. The summed E-state index contributed by atoms with van der Waals surface area (Å²) in [6.45, 7) is 2.06. The van der Waals surface area contributed by atoms with Crippen LogP contribution in [-0.2, 0) is 27.2 Å². The molecule has 3 atom stereocenters. The highest BCUT2D eigenvalue weighted by molar-refractivity contribution is 5.99. The van der Waals surface area contributed by atoms with Crippen molar-refractivity contribution in [2.24, 2.45) is 0 Å². The number of hydrogen-bond acceptors (Lipinski definition) is 5. The van der Waals surface area contributed by atoms with Gasteiger partial charge in [0.05, 0.1) is 24.1 Å². The first-order valence-electron chi connectivity index (χ1n) is 12.8. The third-order valence-corrected chi connectivity index (χ3v) is 7.45. The van der Waals surface area contributed by atoms with Crippen LogP contribution in [0.25, 0.3) is 0 Å². The first-order chi connectivity index (χ1) is 17.4. The monoisotopic (exact) mass is 491 g/mol. The van der Waals surface area contributed by atoms with E-state index in [9.17, 15) is 14.4 Å². The Hall–Kier alpha value is -3.39. The molecular formula is C28H33N3O5. The zero-order chi connectivity index (χ0) is 25.2. The van der Waals surface area contributed by atoms with Crippen LogP contribution in [0.1, 0.15) is 54.1 Å². The molecule has 190 valence electrons. The highest BCUT2D eigenvalue weighted by atomic mass is 16.5. The average Bonchev–Trinajstić information content (AvgIpc) is 3.28. The SMILES string of the molecule is CCC(=O)Nc1ccc2c(c1)C(=O)N(C)[C@H]1CC[C@@H](CC(=O)NC3Cc4ccccc4C3)O[C@H]1CO2. The van der Waals surface area contributed by atoms with Crippen LogP contribution < -0.4 is 15.4 Å². The number of hydrogen-bond donors (Lipinski definition) is 2. The van der Waals surface area contributed by atoms with E-state index in [0.717, 1.165) is 19.3 Å². The van der Waals surface area contributed by atoms with Gasteiger partial charge in [-0.3, -0.25) is 14.4 Å². The maximum atomic E-state index is 13.3. The Bertz CT molecular complexity index is 1140. The van der Waals surface area contributed by atoms with E-state index in [1.807, 2.05) is 12.1 Å². The van der Waals surface area contributed by atoms with E-state index < -0.39 is 0 Å². The molecular weight excluding hydrogens is 458 g/mol. The summed E-state index contributed by atoms with van der Waals surface area (Å²) < 4.78 is 12.3. The van der Waals surface area contributed by atoms with Crippen LogP contribution >= 0.6 is 0 Å². The van der Waals surface area contributed by atoms with Crippen molar-refractivity contribution >= 4 is 23.4 Å². The molecule has 1 fully saturated rings. The molecule has 0 aromatic heterocycles. The average molecular weight is 492 g/mol. The molecule has 8 heteroatoms. The van der Waals surface area contributed by atoms with Crippen molar-refractivity contribution in [1.82, 2.24) is 10.2 Å². The van der Waals surface area contributed by atoms with Gasteiger partial charge in [-0.15, -0.1) is 0 Å². The Morgan fingerprint density at radius 3 is 2.53 bits per heavy atom. The summed E-state index contributed by atoms with van der Waals surface area (Å²) >= 11 is 0. The number of rotatable bonds is 5. The van der Waals surface area contributed by atoms with Gasteiger partial charge in [-0.2, -0.15) is 0 Å². The predicted octanol–water partition coefficient (Wildman–Crippen LogP) is 3.09. The number of fused-ring (bicyclic) bond motifs is 3. The third kappa shape index (κ3) is 5.09. The van der Waals surface area contributed by atoms with Gasteiger partial charge in [0.15, 0.2) is 0 Å². The van der Waals surface area contributed by atoms with Gasteiger partial charge in [0, 0.05) is 25.2 Å². The van der Waals surface area contributed by atoms with Gasteiger partial charge >= 0.3 is 0 Å². The minimum atomic E-state index is -0.325. The van der Waals surface area contributed by atoms with Crippen molar-refractivity contribution in [2.75, 3.05) is 19.0 Å². The molecule has 1 aliphatic carbocycles. The Balaban J connectivity index is 1.20. The molecule has 1 saturated heterocycles. The molecule has 3 amide bonds. The fourth-order valence-corrected chi connectivity index (χ4v) is 5.51. The zero-order valence-corrected chi connectivity index (χ0v) is 20.8. The van der Waals surface area contributed by atoms with Gasteiger partial charge in [0.25, 0.3) is 5.91 Å². The number of anilines is 1. The van der Waals surface area contributed by atoms with E-state index in [-0.39, 0.29) is 48.6 Å². The fraction of sp³-hybridized carbons (Fsp3) is 0.464. The minimum Gasteiger partial charge on any atom is -0.490 e. The smallest absolute Gasteiger partial charge is 0.257 e. The summed E-state index contributed by atoms with van der Waals surface area (Å²) in [5, 5.41) is 5.97. The van der Waals surface area contributed by atoms with Gasteiger partial charge in [0.1, 0.15) is 18.5 Å². The second kappa shape index (κ2) is 10.3. The van der Waals surface area contributed by atoms with Crippen molar-refractivity contribution in [2.45, 2.75) is 69.7 Å². The van der Waals surface area contributed by atoms with Gasteiger partial charge < -0.3 is 25.0 Å². The lowest BCUT2D eigenvalue weighted by molar-refractivity contribution is -0.134. The lowest BCUT2D eigenvalue weighted by Gasteiger charge is -2.42. The summed E-state index contributed by atoms with van der Waals surface area (Å²) in [6, 6.07) is 13.4. The van der Waals surface area contributed by atoms with Crippen molar-refractivity contribution in [3.63, 3.8) is 0 Å². The third-order valence-electron chi connectivity index (χ3n) is 7.45. The summed E-state index contributed by atoms with van der Waals surface area (Å²) in [6.07, 6.45) is 3.26. The van der Waals surface area contributed by atoms with Crippen molar-refractivity contribution < 1.29 is 23.9 Å². The van der Waals surface area contributed by atoms with Crippen LogP contribution in [0, 0.1) is 0 Å². The molecule has 2 aromatic carbocycles. The molecule has 0 unspecified atom stereocenters. The van der Waals surface area contributed by atoms with Crippen LogP contribution in [0.15, 0.2) is 42.5 Å². The number of carbonyl (C=O) groups is 3. The zero-order valence-electron chi connectivity index (χ0n) is 20.8. The van der Waals surface area contributed by atoms with Crippen LogP contribution in [0.4, 0.5) is 5.69 Å². The van der Waals surface area contributed by atoms with E-state index >= 15 is 0 Å². The summed E-state index contributed by atoms with van der Waals surface area (Å²) in [5.41, 5.74) is 3.60. The van der Waals surface area contributed by atoms with Gasteiger partial charge in [-0.05, 0) is 55.0 Å². The number of nitrogens with zero attached hydrogens (tertiary/aromatic N) is 1. The quantitative estimate of drug-likeness (QED) is 0.670. The molecule has 2 aromatic rings. The fourth-order valence-electron chi connectivity index (χ4n) is 5.51. The number of amides is 3. The van der Waals surface area contributed by atoms with Crippen LogP contribution in [0.5, 0.6) is 5.75 Å². The maximum absolute atomic E-state index is 13.3. The second-order valence-electron chi connectivity index (χ2n) is 9.93. The Kier molecular flexibility index (Phi) is 6.96. The minimum absolute atomic E-state index is 0.000508. The molecule has 3 aliphatic rings. The topological polar surface area (TPSA) is 97.0 Å².